The first-order valence-electron chi connectivity index (χ1n) is 6.13. The lowest BCUT2D eigenvalue weighted by Crippen LogP contribution is -2.08. The molecule has 5 nitrogen and oxygen atoms in total. The summed E-state index contributed by atoms with van der Waals surface area (Å²) in [6.45, 7) is 1.74. The van der Waals surface area contributed by atoms with Crippen molar-refractivity contribution in [3.63, 3.8) is 0 Å². The monoisotopic (exact) mass is 294 g/mol. The fourth-order valence-corrected chi connectivity index (χ4v) is 2.13. The van der Waals surface area contributed by atoms with Crippen LogP contribution in [0, 0.1) is 17.5 Å². The lowest BCUT2D eigenvalue weighted by molar-refractivity contribution is 0.444. The van der Waals surface area contributed by atoms with Gasteiger partial charge in [0.05, 0.1) is 12.0 Å². The van der Waals surface area contributed by atoms with E-state index in [1.165, 1.54) is 4.57 Å². The van der Waals surface area contributed by atoms with Crippen LogP contribution in [0.2, 0.25) is 0 Å². The third kappa shape index (κ3) is 1.91. The average molecular weight is 294 g/mol. The normalized spacial score (nSPS) is 11.2. The molecule has 0 atom stereocenters. The molecule has 0 saturated carbocycles. The van der Waals surface area contributed by atoms with Gasteiger partial charge in [-0.05, 0) is 12.1 Å². The summed E-state index contributed by atoms with van der Waals surface area (Å²) < 4.78 is 41.7. The van der Waals surface area contributed by atoms with Crippen molar-refractivity contribution in [3.8, 4) is 5.69 Å². The summed E-state index contributed by atoms with van der Waals surface area (Å²) in [5, 5.41) is 0. The number of imidazole rings is 1. The van der Waals surface area contributed by atoms with Crippen LogP contribution in [0.25, 0.3) is 16.9 Å². The molecule has 0 unspecified atom stereocenters. The van der Waals surface area contributed by atoms with Gasteiger partial charge < -0.3 is 4.98 Å². The van der Waals surface area contributed by atoms with Crippen LogP contribution in [0.3, 0.4) is 0 Å². The van der Waals surface area contributed by atoms with Gasteiger partial charge in [-0.1, -0.05) is 6.92 Å². The summed E-state index contributed by atoms with van der Waals surface area (Å²) in [4.78, 5) is 22.1. The van der Waals surface area contributed by atoms with Gasteiger partial charge in [-0.15, -0.1) is 0 Å². The number of nitrogens with one attached hydrogen (secondary N) is 1. The summed E-state index contributed by atoms with van der Waals surface area (Å²) in [5.74, 6) is -3.91. The third-order valence-corrected chi connectivity index (χ3v) is 3.09. The number of benzene rings is 1. The third-order valence-electron chi connectivity index (χ3n) is 3.09. The van der Waals surface area contributed by atoms with E-state index in [1.54, 1.807) is 6.92 Å². The summed E-state index contributed by atoms with van der Waals surface area (Å²) in [6, 6.07) is 1.89. The second kappa shape index (κ2) is 4.72. The molecule has 0 amide bonds. The van der Waals surface area contributed by atoms with Crippen LogP contribution in [0.15, 0.2) is 23.3 Å². The molecule has 3 aromatic rings. The Morgan fingerprint density at radius 2 is 2.00 bits per heavy atom. The second-order valence-electron chi connectivity index (χ2n) is 4.32. The Bertz CT molecular complexity index is 900. The zero-order chi connectivity index (χ0) is 15.1. The zero-order valence-corrected chi connectivity index (χ0v) is 10.8. The Hall–Kier alpha value is -2.64. The van der Waals surface area contributed by atoms with Gasteiger partial charge in [0, 0.05) is 6.42 Å². The first-order chi connectivity index (χ1) is 10.0. The Morgan fingerprint density at radius 1 is 1.24 bits per heavy atom. The van der Waals surface area contributed by atoms with Crippen molar-refractivity contribution in [2.75, 3.05) is 0 Å². The number of nitrogens with zero attached hydrogens (tertiary/aromatic N) is 3. The van der Waals surface area contributed by atoms with E-state index in [4.69, 9.17) is 0 Å². The molecule has 0 aliphatic heterocycles. The van der Waals surface area contributed by atoms with Crippen LogP contribution in [0.5, 0.6) is 0 Å². The van der Waals surface area contributed by atoms with E-state index in [1.807, 2.05) is 0 Å². The average Bonchev–Trinajstić information content (AvgIpc) is 2.85. The number of fused-ring (bicyclic) bond motifs is 1. The number of aromatic nitrogens is 4. The predicted molar refractivity (Wildman–Crippen MR) is 68.7 cm³/mol. The molecule has 108 valence electrons. The van der Waals surface area contributed by atoms with Crippen LogP contribution in [-0.4, -0.2) is 19.5 Å². The van der Waals surface area contributed by atoms with Crippen LogP contribution < -0.4 is 5.56 Å². The van der Waals surface area contributed by atoms with E-state index in [9.17, 15) is 18.0 Å². The van der Waals surface area contributed by atoms with Crippen molar-refractivity contribution in [1.29, 1.82) is 0 Å². The SMILES string of the molecule is CCc1nc2c(=O)[nH]cnc2n1-c1ccc(F)c(F)c1F. The van der Waals surface area contributed by atoms with Crippen molar-refractivity contribution >= 4 is 11.2 Å². The van der Waals surface area contributed by atoms with Crippen molar-refractivity contribution in [1.82, 2.24) is 19.5 Å². The number of hydrogen-bond acceptors (Lipinski definition) is 3. The summed E-state index contributed by atoms with van der Waals surface area (Å²) in [7, 11) is 0. The highest BCUT2D eigenvalue weighted by molar-refractivity contribution is 5.72. The molecule has 0 radical (unpaired) electrons. The molecule has 0 saturated heterocycles. The van der Waals surface area contributed by atoms with Gasteiger partial charge in [-0.2, -0.15) is 0 Å². The molecule has 8 heteroatoms. The van der Waals surface area contributed by atoms with Crippen molar-refractivity contribution in [2.45, 2.75) is 13.3 Å². The van der Waals surface area contributed by atoms with E-state index in [-0.39, 0.29) is 16.9 Å². The summed E-state index contributed by atoms with van der Waals surface area (Å²) >= 11 is 0. The van der Waals surface area contributed by atoms with E-state index >= 15 is 0 Å². The zero-order valence-electron chi connectivity index (χ0n) is 10.8. The summed E-state index contributed by atoms with van der Waals surface area (Å²) in [6.07, 6.45) is 1.49. The number of halogens is 3. The number of aromatic amines is 1. The first kappa shape index (κ1) is 13.3. The maximum absolute atomic E-state index is 14.0. The van der Waals surface area contributed by atoms with Gasteiger partial charge in [0.1, 0.15) is 5.82 Å². The highest BCUT2D eigenvalue weighted by Gasteiger charge is 2.20. The molecular formula is C13H9F3N4O. The maximum Gasteiger partial charge on any atom is 0.278 e. The van der Waals surface area contributed by atoms with Crippen molar-refractivity contribution in [3.05, 3.63) is 52.1 Å². The first-order valence-corrected chi connectivity index (χ1v) is 6.13. The minimum atomic E-state index is -1.58. The number of H-pyrrole nitrogens is 1. The molecule has 0 fully saturated rings. The molecule has 2 heterocycles. The van der Waals surface area contributed by atoms with Crippen molar-refractivity contribution < 1.29 is 13.2 Å². The fourth-order valence-electron chi connectivity index (χ4n) is 2.13. The molecule has 21 heavy (non-hydrogen) atoms. The molecule has 0 aliphatic carbocycles. The lowest BCUT2D eigenvalue weighted by atomic mass is 10.2. The van der Waals surface area contributed by atoms with Gasteiger partial charge in [0.25, 0.3) is 5.56 Å². The van der Waals surface area contributed by atoms with E-state index in [0.29, 0.717) is 12.2 Å². The molecular weight excluding hydrogens is 285 g/mol. The Labute approximate surface area is 116 Å². The van der Waals surface area contributed by atoms with Gasteiger partial charge in [0.15, 0.2) is 28.6 Å². The van der Waals surface area contributed by atoms with Crippen LogP contribution in [0.1, 0.15) is 12.7 Å². The van der Waals surface area contributed by atoms with Crippen molar-refractivity contribution in [2.24, 2.45) is 0 Å². The van der Waals surface area contributed by atoms with E-state index in [2.05, 4.69) is 15.0 Å². The standard InChI is InChI=1S/C13H9F3N4O/c1-2-8-19-11-12(17-5-18-13(11)21)20(8)7-4-3-6(14)9(15)10(7)16/h3-5H,2H2,1H3,(H,17,18,21). The molecule has 1 aromatic carbocycles. The number of hydrogen-bond donors (Lipinski definition) is 1. The largest absolute Gasteiger partial charge is 0.311 e. The van der Waals surface area contributed by atoms with Crippen LogP contribution in [0.4, 0.5) is 13.2 Å². The minimum absolute atomic E-state index is 0.0125. The fraction of sp³-hybridized carbons (Fsp3) is 0.154. The molecule has 2 aromatic heterocycles. The highest BCUT2D eigenvalue weighted by atomic mass is 19.2. The molecule has 3 rings (SSSR count). The second-order valence-corrected chi connectivity index (χ2v) is 4.32. The predicted octanol–water partition coefficient (Wildman–Crippen LogP) is 2.09. The highest BCUT2D eigenvalue weighted by Crippen LogP contribution is 2.23. The van der Waals surface area contributed by atoms with Gasteiger partial charge >= 0.3 is 0 Å². The Kier molecular flexibility index (Phi) is 3.00. The molecule has 1 N–H and O–H groups in total. The Morgan fingerprint density at radius 3 is 2.71 bits per heavy atom. The van der Waals surface area contributed by atoms with Crippen LogP contribution in [-0.2, 0) is 6.42 Å². The van der Waals surface area contributed by atoms with Gasteiger partial charge in [-0.3, -0.25) is 9.36 Å². The Balaban J connectivity index is 2.42. The smallest absolute Gasteiger partial charge is 0.278 e. The van der Waals surface area contributed by atoms with Gasteiger partial charge in [0.2, 0.25) is 0 Å². The molecule has 0 bridgehead atoms. The molecule has 0 aliphatic rings. The summed E-state index contributed by atoms with van der Waals surface area (Å²) in [5.41, 5.74) is -0.637. The number of aryl methyl sites for hydroxylation is 1. The maximum atomic E-state index is 14.0. The van der Waals surface area contributed by atoms with E-state index < -0.39 is 23.0 Å². The quantitative estimate of drug-likeness (QED) is 0.736. The van der Waals surface area contributed by atoms with E-state index in [0.717, 1.165) is 18.5 Å². The van der Waals surface area contributed by atoms with Gasteiger partial charge in [-0.25, -0.2) is 23.1 Å². The van der Waals surface area contributed by atoms with Crippen LogP contribution >= 0.6 is 0 Å². The molecule has 0 spiro atoms. The lowest BCUT2D eigenvalue weighted by Gasteiger charge is -2.09. The topological polar surface area (TPSA) is 63.6 Å². The number of rotatable bonds is 2. The minimum Gasteiger partial charge on any atom is -0.311 e.